The van der Waals surface area contributed by atoms with Gasteiger partial charge >= 0.3 is 5.97 Å². The first-order valence-electron chi connectivity index (χ1n) is 8.27. The van der Waals surface area contributed by atoms with E-state index in [1.165, 1.54) is 18.2 Å². The molecule has 0 saturated carbocycles. The van der Waals surface area contributed by atoms with Gasteiger partial charge in [0, 0.05) is 5.56 Å². The molecule has 1 N–H and O–H groups in total. The monoisotopic (exact) mass is 366 g/mol. The van der Waals surface area contributed by atoms with Crippen LogP contribution in [0.15, 0.2) is 60.2 Å². The molecule has 1 fully saturated rings. The number of ether oxygens (including phenoxy) is 2. The molecule has 0 unspecified atom stereocenters. The minimum atomic E-state index is -0.830. The van der Waals surface area contributed by atoms with Gasteiger partial charge in [0.05, 0.1) is 12.8 Å². The van der Waals surface area contributed by atoms with E-state index in [9.17, 15) is 14.4 Å². The molecule has 1 aliphatic heterocycles. The fraction of sp³-hybridized carbons (Fsp3) is 0.150. The standard InChI is InChI=1S/C20H18N2O5/c1-13(20(25)26-2)27-17-11-7-6-8-14(17)12-16-18(23)21-22(19(16)24)15-9-4-3-5-10-15/h3-13H,1-2H3,(H,21,23)/b16-12-/t13-/m1/s1. The fourth-order valence-electron chi connectivity index (χ4n) is 2.58. The Kier molecular flexibility index (Phi) is 5.21. The van der Waals surface area contributed by atoms with Gasteiger partial charge in [0.1, 0.15) is 11.3 Å². The lowest BCUT2D eigenvalue weighted by Gasteiger charge is -2.14. The summed E-state index contributed by atoms with van der Waals surface area (Å²) in [4.78, 5) is 36.6. The van der Waals surface area contributed by atoms with Crippen molar-refractivity contribution in [3.8, 4) is 5.75 Å². The maximum atomic E-state index is 12.7. The lowest BCUT2D eigenvalue weighted by molar-refractivity contribution is -0.147. The van der Waals surface area contributed by atoms with E-state index in [0.29, 0.717) is 17.0 Å². The van der Waals surface area contributed by atoms with Gasteiger partial charge in [0.25, 0.3) is 11.8 Å². The van der Waals surface area contributed by atoms with Crippen LogP contribution in [0.2, 0.25) is 0 Å². The number of rotatable bonds is 5. The minimum Gasteiger partial charge on any atom is -0.478 e. The van der Waals surface area contributed by atoms with Crippen LogP contribution in [-0.2, 0) is 19.1 Å². The predicted octanol–water partition coefficient (Wildman–Crippen LogP) is 2.09. The average Bonchev–Trinajstić information content (AvgIpc) is 2.97. The number of esters is 1. The van der Waals surface area contributed by atoms with E-state index < -0.39 is 23.9 Å². The van der Waals surface area contributed by atoms with Gasteiger partial charge in [-0.25, -0.2) is 9.80 Å². The van der Waals surface area contributed by atoms with Crippen LogP contribution in [0.1, 0.15) is 12.5 Å². The summed E-state index contributed by atoms with van der Waals surface area (Å²) in [6, 6.07) is 15.6. The molecule has 1 saturated heterocycles. The van der Waals surface area contributed by atoms with Crippen molar-refractivity contribution < 1.29 is 23.9 Å². The van der Waals surface area contributed by atoms with Crippen LogP contribution >= 0.6 is 0 Å². The number of hydrogen-bond donors (Lipinski definition) is 1. The third kappa shape index (κ3) is 3.82. The van der Waals surface area contributed by atoms with Crippen molar-refractivity contribution in [3.05, 3.63) is 65.7 Å². The fourth-order valence-corrected chi connectivity index (χ4v) is 2.58. The maximum absolute atomic E-state index is 12.7. The first-order chi connectivity index (χ1) is 13.0. The zero-order valence-corrected chi connectivity index (χ0v) is 14.8. The van der Waals surface area contributed by atoms with Gasteiger partial charge in [-0.3, -0.25) is 15.0 Å². The Morgan fingerprint density at radius 2 is 1.74 bits per heavy atom. The summed E-state index contributed by atoms with van der Waals surface area (Å²) in [6.07, 6.45) is 0.614. The molecule has 1 atom stereocenters. The van der Waals surface area contributed by atoms with Crippen LogP contribution in [0.4, 0.5) is 5.69 Å². The molecular weight excluding hydrogens is 348 g/mol. The zero-order valence-electron chi connectivity index (χ0n) is 14.8. The van der Waals surface area contributed by atoms with Gasteiger partial charge < -0.3 is 9.47 Å². The van der Waals surface area contributed by atoms with E-state index in [0.717, 1.165) is 0 Å². The molecule has 138 valence electrons. The highest BCUT2D eigenvalue weighted by atomic mass is 16.6. The van der Waals surface area contributed by atoms with Gasteiger partial charge in [-0.1, -0.05) is 36.4 Å². The molecule has 7 nitrogen and oxygen atoms in total. The molecule has 1 heterocycles. The van der Waals surface area contributed by atoms with Crippen LogP contribution in [-0.4, -0.2) is 31.0 Å². The smallest absolute Gasteiger partial charge is 0.346 e. The largest absolute Gasteiger partial charge is 0.478 e. The summed E-state index contributed by atoms with van der Waals surface area (Å²) in [7, 11) is 1.27. The van der Waals surface area contributed by atoms with Gasteiger partial charge in [-0.05, 0) is 31.2 Å². The van der Waals surface area contributed by atoms with E-state index in [2.05, 4.69) is 10.2 Å². The quantitative estimate of drug-likeness (QED) is 0.498. The van der Waals surface area contributed by atoms with Gasteiger partial charge in [0.2, 0.25) is 0 Å². The van der Waals surface area contributed by atoms with E-state index in [1.54, 1.807) is 55.5 Å². The topological polar surface area (TPSA) is 84.9 Å². The molecule has 0 aliphatic carbocycles. The molecule has 0 radical (unpaired) electrons. The van der Waals surface area contributed by atoms with Crippen LogP contribution < -0.4 is 15.2 Å². The van der Waals surface area contributed by atoms with Crippen LogP contribution in [0.25, 0.3) is 6.08 Å². The third-order valence-electron chi connectivity index (χ3n) is 3.96. The van der Waals surface area contributed by atoms with Crippen LogP contribution in [0.5, 0.6) is 5.75 Å². The number of amides is 2. The Morgan fingerprint density at radius 1 is 1.07 bits per heavy atom. The highest BCUT2D eigenvalue weighted by molar-refractivity contribution is 6.31. The Morgan fingerprint density at radius 3 is 2.44 bits per heavy atom. The Hall–Kier alpha value is -3.61. The van der Waals surface area contributed by atoms with E-state index in [-0.39, 0.29) is 5.57 Å². The second-order valence-electron chi connectivity index (χ2n) is 5.80. The molecule has 1 aliphatic rings. The van der Waals surface area contributed by atoms with E-state index in [4.69, 9.17) is 4.74 Å². The summed E-state index contributed by atoms with van der Waals surface area (Å²) in [5.41, 5.74) is 3.57. The van der Waals surface area contributed by atoms with E-state index >= 15 is 0 Å². The number of hydrazine groups is 1. The summed E-state index contributed by atoms with van der Waals surface area (Å²) in [5, 5.41) is 1.19. The number of benzene rings is 2. The third-order valence-corrected chi connectivity index (χ3v) is 3.96. The normalized spacial score (nSPS) is 16.2. The molecule has 0 aromatic heterocycles. The highest BCUT2D eigenvalue weighted by Gasteiger charge is 2.34. The lowest BCUT2D eigenvalue weighted by atomic mass is 10.1. The van der Waals surface area contributed by atoms with Crippen molar-refractivity contribution in [1.29, 1.82) is 0 Å². The van der Waals surface area contributed by atoms with Crippen molar-refractivity contribution in [2.75, 3.05) is 12.1 Å². The number of carbonyl (C=O) groups is 3. The number of hydrogen-bond acceptors (Lipinski definition) is 5. The molecule has 3 rings (SSSR count). The van der Waals surface area contributed by atoms with E-state index in [1.807, 2.05) is 6.07 Å². The summed E-state index contributed by atoms with van der Waals surface area (Å²) in [5.74, 6) is -1.15. The summed E-state index contributed by atoms with van der Waals surface area (Å²) < 4.78 is 10.3. The molecule has 2 aromatic carbocycles. The second-order valence-corrected chi connectivity index (χ2v) is 5.80. The number of nitrogens with one attached hydrogen (secondary N) is 1. The molecule has 2 aromatic rings. The Labute approximate surface area is 156 Å². The Bertz CT molecular complexity index is 908. The number of para-hydroxylation sites is 2. The van der Waals surface area contributed by atoms with Gasteiger partial charge in [-0.2, -0.15) is 0 Å². The first kappa shape index (κ1) is 18.2. The highest BCUT2D eigenvalue weighted by Crippen LogP contribution is 2.26. The number of methoxy groups -OCH3 is 1. The molecule has 7 heteroatoms. The minimum absolute atomic E-state index is 0.0272. The lowest BCUT2D eigenvalue weighted by Crippen LogP contribution is -2.35. The van der Waals surface area contributed by atoms with Crippen LogP contribution in [0.3, 0.4) is 0 Å². The van der Waals surface area contributed by atoms with Gasteiger partial charge in [0.15, 0.2) is 6.10 Å². The molecule has 2 amide bonds. The second kappa shape index (κ2) is 7.74. The predicted molar refractivity (Wildman–Crippen MR) is 98.6 cm³/mol. The molecule has 0 bridgehead atoms. The van der Waals surface area contributed by atoms with Crippen molar-refractivity contribution in [3.63, 3.8) is 0 Å². The first-order valence-corrected chi connectivity index (χ1v) is 8.27. The summed E-state index contributed by atoms with van der Waals surface area (Å²) >= 11 is 0. The number of anilines is 1. The maximum Gasteiger partial charge on any atom is 0.346 e. The Balaban J connectivity index is 1.90. The number of nitrogens with zero attached hydrogens (tertiary/aromatic N) is 1. The average molecular weight is 366 g/mol. The molecular formula is C20H18N2O5. The molecule has 27 heavy (non-hydrogen) atoms. The summed E-state index contributed by atoms with van der Waals surface area (Å²) in [6.45, 7) is 1.56. The molecule has 0 spiro atoms. The van der Waals surface area contributed by atoms with Crippen molar-refractivity contribution >= 4 is 29.5 Å². The van der Waals surface area contributed by atoms with Gasteiger partial charge in [-0.15, -0.1) is 0 Å². The van der Waals surface area contributed by atoms with Crippen LogP contribution in [0, 0.1) is 0 Å². The van der Waals surface area contributed by atoms with Crippen molar-refractivity contribution in [2.24, 2.45) is 0 Å². The van der Waals surface area contributed by atoms with Crippen molar-refractivity contribution in [2.45, 2.75) is 13.0 Å². The van der Waals surface area contributed by atoms with Crippen molar-refractivity contribution in [1.82, 2.24) is 5.43 Å². The SMILES string of the molecule is COC(=O)[C@@H](C)Oc1ccccc1/C=C1/C(=O)NN(c2ccccc2)C1=O. The number of carbonyl (C=O) groups excluding carboxylic acids is 3. The zero-order chi connectivity index (χ0) is 19.4.